The number of benzene rings is 1. The van der Waals surface area contributed by atoms with Gasteiger partial charge in [-0.2, -0.15) is 9.61 Å². The van der Waals surface area contributed by atoms with Gasteiger partial charge >= 0.3 is 0 Å². The molecule has 0 aliphatic heterocycles. The Bertz CT molecular complexity index is 957. The normalized spacial score (nSPS) is 11.1. The third kappa shape index (κ3) is 3.77. The highest BCUT2D eigenvalue weighted by Gasteiger charge is 2.22. The van der Waals surface area contributed by atoms with Crippen LogP contribution in [0, 0.1) is 20.8 Å². The van der Waals surface area contributed by atoms with Crippen LogP contribution in [-0.4, -0.2) is 34.8 Å². The number of fused-ring (bicyclic) bond motifs is 1. The van der Waals surface area contributed by atoms with Crippen LogP contribution in [0.5, 0.6) is 5.75 Å². The first-order chi connectivity index (χ1) is 13.5. The highest BCUT2D eigenvalue weighted by Crippen LogP contribution is 2.37. The average Bonchev–Trinajstić information content (AvgIpc) is 3.13. The minimum atomic E-state index is 0.717. The summed E-state index contributed by atoms with van der Waals surface area (Å²) in [5.41, 5.74) is 5.56. The summed E-state index contributed by atoms with van der Waals surface area (Å²) >= 11 is 0. The largest absolute Gasteiger partial charge is 0.490 e. The van der Waals surface area contributed by atoms with Gasteiger partial charge in [-0.3, -0.25) is 0 Å². The lowest BCUT2D eigenvalue weighted by atomic mass is 10.0. The zero-order valence-electron chi connectivity index (χ0n) is 17.8. The third-order valence-corrected chi connectivity index (χ3v) is 5.05. The van der Waals surface area contributed by atoms with Gasteiger partial charge in [-0.05, 0) is 56.4 Å². The number of nitrogens with one attached hydrogen (secondary N) is 1. The molecule has 0 bridgehead atoms. The van der Waals surface area contributed by atoms with Crippen LogP contribution in [0.25, 0.3) is 5.65 Å². The predicted octanol–water partition coefficient (Wildman–Crippen LogP) is 5.03. The molecular weight excluding hydrogens is 350 g/mol. The van der Waals surface area contributed by atoms with Crippen LogP contribution in [0.4, 0.5) is 17.3 Å². The molecule has 3 aromatic rings. The second-order valence-electron chi connectivity index (χ2n) is 7.28. The monoisotopic (exact) mass is 381 g/mol. The molecule has 1 aromatic carbocycles. The summed E-state index contributed by atoms with van der Waals surface area (Å²) in [4.78, 5) is 7.13. The summed E-state index contributed by atoms with van der Waals surface area (Å²) < 4.78 is 7.74. The van der Waals surface area contributed by atoms with E-state index in [0.29, 0.717) is 5.82 Å². The van der Waals surface area contributed by atoms with E-state index >= 15 is 0 Å². The molecule has 0 fully saturated rings. The van der Waals surface area contributed by atoms with Gasteiger partial charge in [-0.1, -0.05) is 19.9 Å². The zero-order chi connectivity index (χ0) is 20.3. The van der Waals surface area contributed by atoms with Crippen LogP contribution in [0.15, 0.2) is 24.4 Å². The van der Waals surface area contributed by atoms with Crippen molar-refractivity contribution in [3.63, 3.8) is 0 Å². The van der Waals surface area contributed by atoms with E-state index in [1.807, 2.05) is 10.6 Å². The molecular formula is C22H31N5O. The van der Waals surface area contributed by atoms with Crippen molar-refractivity contribution in [2.75, 3.05) is 30.4 Å². The fourth-order valence-electron chi connectivity index (χ4n) is 3.55. The summed E-state index contributed by atoms with van der Waals surface area (Å²) in [6.07, 6.45) is 3.88. The van der Waals surface area contributed by atoms with Gasteiger partial charge in [0.05, 0.1) is 13.3 Å². The molecule has 6 heteroatoms. The fraction of sp³-hybridized carbons (Fsp3) is 0.455. The number of aryl methyl sites for hydroxylation is 3. The topological polar surface area (TPSA) is 54.7 Å². The number of anilines is 3. The van der Waals surface area contributed by atoms with E-state index in [2.05, 4.69) is 62.1 Å². The minimum absolute atomic E-state index is 0.717. The molecule has 0 saturated heterocycles. The van der Waals surface area contributed by atoms with Gasteiger partial charge in [0.15, 0.2) is 17.3 Å². The van der Waals surface area contributed by atoms with Gasteiger partial charge in [0.2, 0.25) is 5.75 Å². The van der Waals surface area contributed by atoms with Crippen LogP contribution in [0.1, 0.15) is 43.4 Å². The lowest BCUT2D eigenvalue weighted by molar-refractivity contribution is 0.411. The molecule has 0 amide bonds. The SMILES string of the molecule is CCCN(CCC)c1c(OC)c(Nc2cc(C)c(C)cc2C)nc2ccnn12. The fourth-order valence-corrected chi connectivity index (χ4v) is 3.55. The Hall–Kier alpha value is -2.76. The smallest absolute Gasteiger partial charge is 0.204 e. The van der Waals surface area contributed by atoms with E-state index < -0.39 is 0 Å². The Morgan fingerprint density at radius 3 is 2.36 bits per heavy atom. The summed E-state index contributed by atoms with van der Waals surface area (Å²) in [7, 11) is 1.70. The van der Waals surface area contributed by atoms with Crippen LogP contribution in [0.2, 0.25) is 0 Å². The number of methoxy groups -OCH3 is 1. The summed E-state index contributed by atoms with van der Waals surface area (Å²) in [6.45, 7) is 12.6. The number of nitrogens with zero attached hydrogens (tertiary/aromatic N) is 4. The van der Waals surface area contributed by atoms with Crippen molar-refractivity contribution in [1.82, 2.24) is 14.6 Å². The van der Waals surface area contributed by atoms with Gasteiger partial charge < -0.3 is 15.0 Å². The van der Waals surface area contributed by atoms with Crippen LogP contribution in [0.3, 0.4) is 0 Å². The van der Waals surface area contributed by atoms with E-state index in [0.717, 1.165) is 48.8 Å². The molecule has 28 heavy (non-hydrogen) atoms. The third-order valence-electron chi connectivity index (χ3n) is 5.05. The number of hydrogen-bond donors (Lipinski definition) is 1. The first kappa shape index (κ1) is 20.0. The molecule has 6 nitrogen and oxygen atoms in total. The van der Waals surface area contributed by atoms with E-state index in [-0.39, 0.29) is 0 Å². The van der Waals surface area contributed by atoms with Gasteiger partial charge in [0, 0.05) is 24.8 Å². The Balaban J connectivity index is 2.16. The zero-order valence-corrected chi connectivity index (χ0v) is 17.8. The molecule has 1 N–H and O–H groups in total. The maximum absolute atomic E-state index is 5.87. The van der Waals surface area contributed by atoms with E-state index in [1.54, 1.807) is 13.3 Å². The number of hydrogen-bond acceptors (Lipinski definition) is 5. The maximum atomic E-state index is 5.87. The summed E-state index contributed by atoms with van der Waals surface area (Å²) in [5, 5.41) is 8.03. The minimum Gasteiger partial charge on any atom is -0.490 e. The molecule has 0 radical (unpaired) electrons. The van der Waals surface area contributed by atoms with E-state index in [4.69, 9.17) is 9.72 Å². The van der Waals surface area contributed by atoms with Crippen molar-refractivity contribution in [3.8, 4) is 5.75 Å². The number of ether oxygens (including phenoxy) is 1. The molecule has 0 atom stereocenters. The highest BCUT2D eigenvalue weighted by molar-refractivity contribution is 5.75. The van der Waals surface area contributed by atoms with Crippen molar-refractivity contribution in [1.29, 1.82) is 0 Å². The van der Waals surface area contributed by atoms with Gasteiger partial charge in [-0.15, -0.1) is 0 Å². The molecule has 0 unspecified atom stereocenters. The quantitative estimate of drug-likeness (QED) is 0.593. The first-order valence-electron chi connectivity index (χ1n) is 10.0. The summed E-state index contributed by atoms with van der Waals surface area (Å²) in [5.74, 6) is 2.38. The predicted molar refractivity (Wildman–Crippen MR) is 116 cm³/mol. The summed E-state index contributed by atoms with van der Waals surface area (Å²) in [6, 6.07) is 6.29. The lowest BCUT2D eigenvalue weighted by Gasteiger charge is -2.27. The lowest BCUT2D eigenvalue weighted by Crippen LogP contribution is -2.28. The van der Waals surface area contributed by atoms with Crippen molar-refractivity contribution < 1.29 is 4.74 Å². The Labute approximate surface area is 167 Å². The molecule has 2 heterocycles. The van der Waals surface area contributed by atoms with Crippen molar-refractivity contribution in [3.05, 3.63) is 41.1 Å². The molecule has 150 valence electrons. The first-order valence-corrected chi connectivity index (χ1v) is 10.0. The van der Waals surface area contributed by atoms with Crippen LogP contribution < -0.4 is 15.0 Å². The second-order valence-corrected chi connectivity index (χ2v) is 7.28. The van der Waals surface area contributed by atoms with Crippen LogP contribution in [-0.2, 0) is 0 Å². The Morgan fingerprint density at radius 2 is 1.71 bits per heavy atom. The van der Waals surface area contributed by atoms with E-state index in [9.17, 15) is 0 Å². The molecule has 2 aromatic heterocycles. The van der Waals surface area contributed by atoms with Crippen LogP contribution >= 0.6 is 0 Å². The molecule has 0 spiro atoms. The average molecular weight is 382 g/mol. The van der Waals surface area contributed by atoms with Crippen molar-refractivity contribution in [2.24, 2.45) is 0 Å². The molecule has 0 saturated carbocycles. The molecule has 0 aliphatic carbocycles. The Morgan fingerprint density at radius 1 is 1.04 bits per heavy atom. The Kier molecular flexibility index (Phi) is 6.07. The molecule has 3 rings (SSSR count). The second kappa shape index (κ2) is 8.50. The van der Waals surface area contributed by atoms with Crippen molar-refractivity contribution >= 4 is 23.0 Å². The van der Waals surface area contributed by atoms with Gasteiger partial charge in [-0.25, -0.2) is 4.98 Å². The van der Waals surface area contributed by atoms with E-state index in [1.165, 1.54) is 16.7 Å². The number of aromatic nitrogens is 3. The maximum Gasteiger partial charge on any atom is 0.204 e. The highest BCUT2D eigenvalue weighted by atomic mass is 16.5. The van der Waals surface area contributed by atoms with Crippen molar-refractivity contribution in [2.45, 2.75) is 47.5 Å². The van der Waals surface area contributed by atoms with Gasteiger partial charge in [0.1, 0.15) is 0 Å². The number of rotatable bonds is 8. The standard InChI is InChI=1S/C22H31N5O/c1-7-11-26(12-8-2)22-20(28-6)21(25-19-9-10-23-27(19)22)24-18-14-16(4)15(3)13-17(18)5/h9-10,13-14H,7-8,11-12H2,1-6H3,(H,24,25). The van der Waals surface area contributed by atoms with Gasteiger partial charge in [0.25, 0.3) is 0 Å². The molecule has 0 aliphatic rings.